The summed E-state index contributed by atoms with van der Waals surface area (Å²) < 4.78 is 15.8. The zero-order valence-corrected chi connectivity index (χ0v) is 14.4. The maximum Gasteiger partial charge on any atom is 0.282 e. The van der Waals surface area contributed by atoms with Gasteiger partial charge in [0.05, 0.1) is 0 Å². The second kappa shape index (κ2) is 12.6. The summed E-state index contributed by atoms with van der Waals surface area (Å²) in [6.45, 7) is 4.61. The number of methoxy groups -OCH3 is 3. The van der Waals surface area contributed by atoms with Crippen LogP contribution < -0.4 is 0 Å². The first-order valence-electron chi connectivity index (χ1n) is 8.25. The molecular weight excluding hydrogens is 252 g/mol. The molecule has 0 atom stereocenters. The van der Waals surface area contributed by atoms with Gasteiger partial charge < -0.3 is 14.2 Å². The van der Waals surface area contributed by atoms with Crippen molar-refractivity contribution in [3.05, 3.63) is 0 Å². The van der Waals surface area contributed by atoms with Gasteiger partial charge in [0.1, 0.15) is 0 Å². The van der Waals surface area contributed by atoms with Crippen LogP contribution in [0.5, 0.6) is 0 Å². The zero-order valence-electron chi connectivity index (χ0n) is 14.4. The van der Waals surface area contributed by atoms with Crippen LogP contribution in [0.3, 0.4) is 0 Å². The molecule has 0 saturated carbocycles. The van der Waals surface area contributed by atoms with E-state index >= 15 is 0 Å². The van der Waals surface area contributed by atoms with Crippen molar-refractivity contribution in [3.63, 3.8) is 0 Å². The molecule has 0 aromatic carbocycles. The SMILES string of the molecule is COC(CCCCCCCCCCC(C)C)(OC)OC. The second-order valence-electron chi connectivity index (χ2n) is 6.06. The third-order valence-corrected chi connectivity index (χ3v) is 3.95. The average Bonchev–Trinajstić information content (AvgIpc) is 2.45. The molecule has 0 aliphatic heterocycles. The topological polar surface area (TPSA) is 27.7 Å². The van der Waals surface area contributed by atoms with Crippen LogP contribution in [0.4, 0.5) is 0 Å². The molecule has 0 aliphatic carbocycles. The highest BCUT2D eigenvalue weighted by atomic mass is 16.9. The van der Waals surface area contributed by atoms with Crippen molar-refractivity contribution in [2.75, 3.05) is 21.3 Å². The molecule has 0 amide bonds. The molecule has 0 aromatic rings. The van der Waals surface area contributed by atoms with Crippen LogP contribution >= 0.6 is 0 Å². The summed E-state index contributed by atoms with van der Waals surface area (Å²) >= 11 is 0. The van der Waals surface area contributed by atoms with E-state index in [2.05, 4.69) is 13.8 Å². The van der Waals surface area contributed by atoms with Gasteiger partial charge in [-0.2, -0.15) is 0 Å². The number of hydrogen-bond acceptors (Lipinski definition) is 3. The minimum atomic E-state index is -0.836. The molecule has 3 heteroatoms. The number of unbranched alkanes of at least 4 members (excludes halogenated alkanes) is 7. The second-order valence-corrected chi connectivity index (χ2v) is 6.06. The molecule has 3 nitrogen and oxygen atoms in total. The lowest BCUT2D eigenvalue weighted by Crippen LogP contribution is -2.35. The Morgan fingerprint density at radius 2 is 1.05 bits per heavy atom. The maximum absolute atomic E-state index is 5.28. The van der Waals surface area contributed by atoms with Gasteiger partial charge in [0, 0.05) is 27.8 Å². The van der Waals surface area contributed by atoms with Crippen molar-refractivity contribution >= 4 is 0 Å². The number of rotatable bonds is 14. The van der Waals surface area contributed by atoms with Crippen LogP contribution in [0.25, 0.3) is 0 Å². The summed E-state index contributed by atoms with van der Waals surface area (Å²) in [7, 11) is 4.89. The fourth-order valence-corrected chi connectivity index (χ4v) is 2.51. The van der Waals surface area contributed by atoms with Crippen LogP contribution in [-0.4, -0.2) is 27.3 Å². The quantitative estimate of drug-likeness (QED) is 0.327. The first kappa shape index (κ1) is 19.9. The number of ether oxygens (including phenoxy) is 3. The minimum Gasteiger partial charge on any atom is -0.331 e. The average molecular weight is 288 g/mol. The van der Waals surface area contributed by atoms with Gasteiger partial charge in [0.2, 0.25) is 0 Å². The smallest absolute Gasteiger partial charge is 0.282 e. The lowest BCUT2D eigenvalue weighted by atomic mass is 10.0. The van der Waals surface area contributed by atoms with Crippen LogP contribution in [0, 0.1) is 5.92 Å². The molecule has 0 aliphatic rings. The summed E-state index contributed by atoms with van der Waals surface area (Å²) in [5, 5.41) is 0. The first-order chi connectivity index (χ1) is 9.60. The van der Waals surface area contributed by atoms with Gasteiger partial charge in [0.25, 0.3) is 5.97 Å². The Morgan fingerprint density at radius 1 is 0.650 bits per heavy atom. The van der Waals surface area contributed by atoms with Crippen molar-refractivity contribution in [3.8, 4) is 0 Å². The van der Waals surface area contributed by atoms with Crippen molar-refractivity contribution in [2.45, 2.75) is 84.0 Å². The van der Waals surface area contributed by atoms with E-state index in [4.69, 9.17) is 14.2 Å². The van der Waals surface area contributed by atoms with Crippen LogP contribution in [0.15, 0.2) is 0 Å². The molecule has 0 N–H and O–H groups in total. The van der Waals surface area contributed by atoms with Crippen molar-refractivity contribution in [2.24, 2.45) is 5.92 Å². The Kier molecular flexibility index (Phi) is 12.5. The standard InChI is InChI=1S/C17H36O3/c1-16(2)14-12-10-8-6-7-9-11-13-15-17(18-3,19-4)20-5/h16H,6-15H2,1-5H3. The largest absolute Gasteiger partial charge is 0.331 e. The summed E-state index contributed by atoms with van der Waals surface area (Å²) in [5.74, 6) is 0.0224. The molecule has 122 valence electrons. The molecule has 0 rings (SSSR count). The van der Waals surface area contributed by atoms with E-state index in [0.717, 1.165) is 18.8 Å². The van der Waals surface area contributed by atoms with E-state index in [1.54, 1.807) is 21.3 Å². The fourth-order valence-electron chi connectivity index (χ4n) is 2.51. The van der Waals surface area contributed by atoms with Gasteiger partial charge >= 0.3 is 0 Å². The van der Waals surface area contributed by atoms with Gasteiger partial charge in [-0.25, -0.2) is 0 Å². The van der Waals surface area contributed by atoms with E-state index < -0.39 is 5.97 Å². The minimum absolute atomic E-state index is 0.797. The van der Waals surface area contributed by atoms with E-state index in [0.29, 0.717) is 0 Å². The van der Waals surface area contributed by atoms with Gasteiger partial charge in [-0.05, 0) is 12.3 Å². The van der Waals surface area contributed by atoms with E-state index in [1.807, 2.05) is 0 Å². The lowest BCUT2D eigenvalue weighted by molar-refractivity contribution is -0.355. The van der Waals surface area contributed by atoms with Crippen LogP contribution in [0.2, 0.25) is 0 Å². The monoisotopic (exact) mass is 288 g/mol. The highest BCUT2D eigenvalue weighted by Crippen LogP contribution is 2.21. The predicted molar refractivity (Wildman–Crippen MR) is 84.8 cm³/mol. The van der Waals surface area contributed by atoms with E-state index in [9.17, 15) is 0 Å². The van der Waals surface area contributed by atoms with E-state index in [-0.39, 0.29) is 0 Å². The van der Waals surface area contributed by atoms with Gasteiger partial charge in [-0.1, -0.05) is 65.2 Å². The van der Waals surface area contributed by atoms with Gasteiger partial charge in [0.15, 0.2) is 0 Å². The molecule has 0 saturated heterocycles. The molecule has 0 spiro atoms. The fraction of sp³-hybridized carbons (Fsp3) is 1.00. The Morgan fingerprint density at radius 3 is 1.45 bits per heavy atom. The van der Waals surface area contributed by atoms with E-state index in [1.165, 1.54) is 51.4 Å². The summed E-state index contributed by atoms with van der Waals surface area (Å²) in [4.78, 5) is 0. The van der Waals surface area contributed by atoms with Crippen molar-refractivity contribution in [1.29, 1.82) is 0 Å². The van der Waals surface area contributed by atoms with Crippen LogP contribution in [0.1, 0.15) is 78.1 Å². The summed E-state index contributed by atoms with van der Waals surface area (Å²) in [6.07, 6.45) is 12.7. The summed E-state index contributed by atoms with van der Waals surface area (Å²) in [5.41, 5.74) is 0. The molecular formula is C17H36O3. The molecule has 0 heterocycles. The third-order valence-electron chi connectivity index (χ3n) is 3.95. The normalized spacial score (nSPS) is 12.3. The molecule has 0 aromatic heterocycles. The Hall–Kier alpha value is -0.120. The molecule has 0 fully saturated rings. The number of hydrogen-bond donors (Lipinski definition) is 0. The molecule has 0 unspecified atom stereocenters. The molecule has 20 heavy (non-hydrogen) atoms. The highest BCUT2D eigenvalue weighted by molar-refractivity contribution is 4.57. The molecule has 0 bridgehead atoms. The van der Waals surface area contributed by atoms with Gasteiger partial charge in [-0.3, -0.25) is 0 Å². The predicted octanol–water partition coefficient (Wildman–Crippen LogP) is 5.14. The summed E-state index contributed by atoms with van der Waals surface area (Å²) in [6, 6.07) is 0. The van der Waals surface area contributed by atoms with Crippen LogP contribution in [-0.2, 0) is 14.2 Å². The Bertz CT molecular complexity index is 192. The third kappa shape index (κ3) is 9.73. The van der Waals surface area contributed by atoms with Crippen molar-refractivity contribution in [1.82, 2.24) is 0 Å². The Balaban J connectivity index is 3.36. The zero-order chi connectivity index (χ0) is 15.3. The first-order valence-corrected chi connectivity index (χ1v) is 8.25. The van der Waals surface area contributed by atoms with Crippen molar-refractivity contribution < 1.29 is 14.2 Å². The lowest BCUT2D eigenvalue weighted by Gasteiger charge is -2.28. The Labute approximate surface area is 126 Å². The maximum atomic E-state index is 5.28. The highest BCUT2D eigenvalue weighted by Gasteiger charge is 2.28. The molecule has 0 radical (unpaired) electrons. The van der Waals surface area contributed by atoms with Gasteiger partial charge in [-0.15, -0.1) is 0 Å².